The van der Waals surface area contributed by atoms with Gasteiger partial charge in [0.2, 0.25) is 0 Å². The van der Waals surface area contributed by atoms with E-state index in [2.05, 4.69) is 12.1 Å². The molecule has 2 bridgehead atoms. The molecule has 0 aliphatic heterocycles. The minimum atomic E-state index is -0.399. The fraction of sp³-hybridized carbons (Fsp3) is 0.500. The molecule has 1 aromatic rings. The summed E-state index contributed by atoms with van der Waals surface area (Å²) in [6.45, 7) is 0. The van der Waals surface area contributed by atoms with Gasteiger partial charge in [-0.25, -0.2) is 0 Å². The Morgan fingerprint density at radius 3 is 1.67 bits per heavy atom. The lowest BCUT2D eigenvalue weighted by atomic mass is 9.51. The third-order valence-electron chi connectivity index (χ3n) is 5.97. The first-order valence-electron chi connectivity index (χ1n) is 6.90. The van der Waals surface area contributed by atoms with Gasteiger partial charge < -0.3 is 0 Å². The van der Waals surface area contributed by atoms with Crippen molar-refractivity contribution in [1.82, 2.24) is 0 Å². The van der Waals surface area contributed by atoms with Crippen LogP contribution in [0.1, 0.15) is 47.9 Å². The van der Waals surface area contributed by atoms with Gasteiger partial charge in [0, 0.05) is 12.8 Å². The van der Waals surface area contributed by atoms with E-state index in [1.807, 2.05) is 0 Å². The molecule has 0 N–H and O–H groups in total. The molecule has 6 rings (SSSR count). The number of aryl methyl sites for hydroxylation is 2. The maximum atomic E-state index is 12.6. The molecule has 0 saturated heterocycles. The van der Waals surface area contributed by atoms with Gasteiger partial charge in [0.05, 0.1) is 10.8 Å². The molecule has 5 aliphatic carbocycles. The number of benzene rings is 1. The highest BCUT2D eigenvalue weighted by molar-refractivity contribution is 6.11. The summed E-state index contributed by atoms with van der Waals surface area (Å²) in [6.07, 6.45) is 4.71. The number of Topliss-reactive ketones (excluding diaryl/α,β-unsaturated/α-hetero) is 2. The van der Waals surface area contributed by atoms with Crippen LogP contribution in [0.4, 0.5) is 0 Å². The van der Waals surface area contributed by atoms with Crippen LogP contribution < -0.4 is 0 Å². The number of hydrogen-bond donors (Lipinski definition) is 0. The van der Waals surface area contributed by atoms with Crippen molar-refractivity contribution in [2.45, 2.75) is 49.4 Å². The fourth-order valence-electron chi connectivity index (χ4n) is 5.14. The summed E-state index contributed by atoms with van der Waals surface area (Å²) in [5.74, 6) is 0.708. The molecule has 2 nitrogen and oxygen atoms in total. The molecule has 18 heavy (non-hydrogen) atoms. The van der Waals surface area contributed by atoms with Crippen LogP contribution >= 0.6 is 0 Å². The Labute approximate surface area is 105 Å². The molecule has 0 radical (unpaired) electrons. The van der Waals surface area contributed by atoms with E-state index < -0.39 is 10.8 Å². The molecule has 2 atom stereocenters. The molecule has 0 heterocycles. The Morgan fingerprint density at radius 1 is 0.778 bits per heavy atom. The SMILES string of the molecule is O=C1CC23CCc4ccc5c(c42)C1(CC5)CC3=O. The second-order valence-electron chi connectivity index (χ2n) is 6.50. The van der Waals surface area contributed by atoms with Gasteiger partial charge in [-0.2, -0.15) is 0 Å². The van der Waals surface area contributed by atoms with Crippen LogP contribution in [-0.4, -0.2) is 11.6 Å². The topological polar surface area (TPSA) is 34.1 Å². The number of carbonyl (C=O) groups excluding carboxylic acids is 2. The van der Waals surface area contributed by atoms with Crippen LogP contribution in [0.5, 0.6) is 0 Å². The van der Waals surface area contributed by atoms with Crippen LogP contribution in [-0.2, 0) is 33.3 Å². The summed E-state index contributed by atoms with van der Waals surface area (Å²) in [5, 5.41) is 0. The predicted molar refractivity (Wildman–Crippen MR) is 65.7 cm³/mol. The van der Waals surface area contributed by atoms with E-state index >= 15 is 0 Å². The Hall–Kier alpha value is -1.44. The summed E-state index contributed by atoms with van der Waals surface area (Å²) in [6, 6.07) is 4.42. The van der Waals surface area contributed by atoms with E-state index in [0.717, 1.165) is 25.7 Å². The predicted octanol–water partition coefficient (Wildman–Crippen LogP) is 2.00. The zero-order valence-electron chi connectivity index (χ0n) is 10.2. The van der Waals surface area contributed by atoms with Gasteiger partial charge in [-0.3, -0.25) is 9.59 Å². The average Bonchev–Trinajstić information content (AvgIpc) is 2.89. The van der Waals surface area contributed by atoms with Gasteiger partial charge in [0.1, 0.15) is 11.6 Å². The summed E-state index contributed by atoms with van der Waals surface area (Å²) >= 11 is 0. The zero-order chi connectivity index (χ0) is 12.1. The third-order valence-corrected chi connectivity index (χ3v) is 5.97. The largest absolute Gasteiger partial charge is 0.299 e. The zero-order valence-corrected chi connectivity index (χ0v) is 10.2. The van der Waals surface area contributed by atoms with Crippen molar-refractivity contribution in [2.75, 3.05) is 0 Å². The normalized spacial score (nSPS) is 38.4. The van der Waals surface area contributed by atoms with Crippen molar-refractivity contribution >= 4 is 11.6 Å². The maximum Gasteiger partial charge on any atom is 0.145 e. The molecule has 1 saturated carbocycles. The van der Waals surface area contributed by atoms with E-state index in [1.54, 1.807) is 0 Å². The molecule has 0 aromatic heterocycles. The number of rotatable bonds is 0. The van der Waals surface area contributed by atoms with E-state index in [4.69, 9.17) is 0 Å². The average molecular weight is 238 g/mol. The van der Waals surface area contributed by atoms with Crippen LogP contribution in [0.15, 0.2) is 12.1 Å². The van der Waals surface area contributed by atoms with Gasteiger partial charge in [0.15, 0.2) is 0 Å². The van der Waals surface area contributed by atoms with Crippen molar-refractivity contribution in [1.29, 1.82) is 0 Å². The fourth-order valence-corrected chi connectivity index (χ4v) is 5.14. The van der Waals surface area contributed by atoms with E-state index in [0.29, 0.717) is 24.4 Å². The monoisotopic (exact) mass is 238 g/mol. The summed E-state index contributed by atoms with van der Waals surface area (Å²) < 4.78 is 0. The second-order valence-corrected chi connectivity index (χ2v) is 6.50. The van der Waals surface area contributed by atoms with E-state index in [1.165, 1.54) is 22.3 Å². The molecule has 1 aromatic carbocycles. The Kier molecular flexibility index (Phi) is 1.30. The van der Waals surface area contributed by atoms with Gasteiger partial charge >= 0.3 is 0 Å². The molecule has 2 unspecified atom stereocenters. The highest BCUT2D eigenvalue weighted by Crippen LogP contribution is 2.62. The summed E-state index contributed by atoms with van der Waals surface area (Å²) in [5.41, 5.74) is 4.50. The number of carbonyl (C=O) groups is 2. The third kappa shape index (κ3) is 0.706. The quantitative estimate of drug-likeness (QED) is 0.692. The van der Waals surface area contributed by atoms with Crippen molar-refractivity contribution in [3.8, 4) is 0 Å². The highest BCUT2D eigenvalue weighted by Gasteiger charge is 2.65. The lowest BCUT2D eigenvalue weighted by molar-refractivity contribution is -0.142. The molecule has 5 aliphatic rings. The number of hydrogen-bond acceptors (Lipinski definition) is 2. The second kappa shape index (κ2) is 2.47. The Balaban J connectivity index is 2.01. The smallest absolute Gasteiger partial charge is 0.145 e. The highest BCUT2D eigenvalue weighted by atomic mass is 16.1. The van der Waals surface area contributed by atoms with Gasteiger partial charge in [0.25, 0.3) is 0 Å². The van der Waals surface area contributed by atoms with Crippen LogP contribution in [0.3, 0.4) is 0 Å². The molecule has 2 spiro atoms. The molecule has 2 heteroatoms. The molecular formula is C16H14O2. The standard InChI is InChI=1S/C16H14O2/c17-11-8-16-6-4-10-2-1-9-3-5-15(11,7-12(16)18)13(9)14(10)16/h1-2H,3-8H2. The van der Waals surface area contributed by atoms with Crippen LogP contribution in [0.2, 0.25) is 0 Å². The lowest BCUT2D eigenvalue weighted by Crippen LogP contribution is -2.57. The summed E-state index contributed by atoms with van der Waals surface area (Å²) in [7, 11) is 0. The molecular weight excluding hydrogens is 224 g/mol. The minimum absolute atomic E-state index is 0.354. The van der Waals surface area contributed by atoms with Crippen molar-refractivity contribution in [2.24, 2.45) is 0 Å². The first-order valence-corrected chi connectivity index (χ1v) is 6.90. The van der Waals surface area contributed by atoms with Crippen LogP contribution in [0.25, 0.3) is 0 Å². The first kappa shape index (κ1) is 9.48. The van der Waals surface area contributed by atoms with E-state index in [9.17, 15) is 9.59 Å². The molecule has 90 valence electrons. The number of ketones is 2. The minimum Gasteiger partial charge on any atom is -0.299 e. The Bertz CT molecular complexity index is 600. The first-order chi connectivity index (χ1) is 8.67. The van der Waals surface area contributed by atoms with Crippen LogP contribution in [0, 0.1) is 0 Å². The number of fused-ring (bicyclic) bond motifs is 2. The van der Waals surface area contributed by atoms with Crippen molar-refractivity contribution < 1.29 is 9.59 Å². The van der Waals surface area contributed by atoms with Crippen molar-refractivity contribution in [3.63, 3.8) is 0 Å². The maximum absolute atomic E-state index is 12.6. The Morgan fingerprint density at radius 2 is 1.22 bits per heavy atom. The van der Waals surface area contributed by atoms with Gasteiger partial charge in [-0.1, -0.05) is 12.1 Å². The lowest BCUT2D eigenvalue weighted by Gasteiger charge is -2.49. The van der Waals surface area contributed by atoms with Gasteiger partial charge in [-0.05, 0) is 47.9 Å². The van der Waals surface area contributed by atoms with E-state index in [-0.39, 0.29) is 0 Å². The molecule has 0 amide bonds. The van der Waals surface area contributed by atoms with Crippen molar-refractivity contribution in [3.05, 3.63) is 34.4 Å². The summed E-state index contributed by atoms with van der Waals surface area (Å²) in [4.78, 5) is 25.2. The van der Waals surface area contributed by atoms with Gasteiger partial charge in [-0.15, -0.1) is 0 Å². The molecule has 1 fully saturated rings.